The fourth-order valence-electron chi connectivity index (χ4n) is 5.03. The summed E-state index contributed by atoms with van der Waals surface area (Å²) >= 11 is 0. The molecule has 4 aromatic rings. The fraction of sp³-hybridized carbons (Fsp3) is 0.357. The van der Waals surface area contributed by atoms with E-state index in [1.807, 2.05) is 63.2 Å². The summed E-state index contributed by atoms with van der Waals surface area (Å²) in [6, 6.07) is 15.6. The number of hydrogen-bond donors (Lipinski definition) is 2. The van der Waals surface area contributed by atoms with Gasteiger partial charge in [0.2, 0.25) is 5.91 Å². The van der Waals surface area contributed by atoms with Crippen LogP contribution in [0.3, 0.4) is 0 Å². The Morgan fingerprint density at radius 3 is 2.57 bits per heavy atom. The molecular formula is C28H32N4O3. The highest BCUT2D eigenvalue weighted by Crippen LogP contribution is 2.28. The van der Waals surface area contributed by atoms with Gasteiger partial charge in [-0.2, -0.15) is 0 Å². The van der Waals surface area contributed by atoms with Crippen molar-refractivity contribution >= 4 is 33.8 Å². The lowest BCUT2D eigenvalue weighted by molar-refractivity contribution is -0.134. The quantitative estimate of drug-likeness (QED) is 0.453. The van der Waals surface area contributed by atoms with Crippen molar-refractivity contribution in [2.75, 3.05) is 6.54 Å². The number of carbonyl (C=O) groups is 2. The number of aryl methyl sites for hydroxylation is 1. The molecule has 35 heavy (non-hydrogen) atoms. The van der Waals surface area contributed by atoms with Crippen LogP contribution < -0.4 is 5.32 Å². The number of nitrogens with zero attached hydrogens (tertiary/aromatic N) is 2. The predicted molar refractivity (Wildman–Crippen MR) is 137 cm³/mol. The molecule has 1 atom stereocenters. The summed E-state index contributed by atoms with van der Waals surface area (Å²) in [4.78, 5) is 31.9. The van der Waals surface area contributed by atoms with Crippen LogP contribution in [0.4, 0.5) is 4.79 Å². The van der Waals surface area contributed by atoms with Crippen molar-refractivity contribution in [3.63, 3.8) is 0 Å². The molecule has 2 N–H and O–H groups in total. The lowest BCUT2D eigenvalue weighted by atomic mass is 10.0. The van der Waals surface area contributed by atoms with Crippen LogP contribution in [0.25, 0.3) is 21.8 Å². The van der Waals surface area contributed by atoms with Crippen LogP contribution in [0.5, 0.6) is 0 Å². The van der Waals surface area contributed by atoms with E-state index in [9.17, 15) is 9.59 Å². The van der Waals surface area contributed by atoms with E-state index in [-0.39, 0.29) is 5.91 Å². The highest BCUT2D eigenvalue weighted by Gasteiger charge is 2.32. The maximum absolute atomic E-state index is 13.9. The minimum Gasteiger partial charge on any atom is -0.444 e. The summed E-state index contributed by atoms with van der Waals surface area (Å²) in [5.41, 5.74) is 4.88. The largest absolute Gasteiger partial charge is 0.444 e. The number of fused-ring (bicyclic) bond motifs is 4. The van der Waals surface area contributed by atoms with Gasteiger partial charge in [-0.05, 0) is 38.5 Å². The van der Waals surface area contributed by atoms with Crippen molar-refractivity contribution in [1.82, 2.24) is 19.8 Å². The SMILES string of the molecule is Cn1cc(C[C@H](NC(=O)OC(C)(C)C)C(=O)N2CCc3[nH]c4ccccc4c3C2)c2ccccc21. The number of nitrogens with one attached hydrogen (secondary N) is 2. The van der Waals surface area contributed by atoms with Crippen molar-refractivity contribution in [3.05, 3.63) is 71.5 Å². The number of ether oxygens (including phenoxy) is 1. The summed E-state index contributed by atoms with van der Waals surface area (Å²) < 4.78 is 7.56. The second kappa shape index (κ2) is 8.80. The van der Waals surface area contributed by atoms with Crippen LogP contribution in [0.1, 0.15) is 37.6 Å². The van der Waals surface area contributed by atoms with Crippen molar-refractivity contribution < 1.29 is 14.3 Å². The van der Waals surface area contributed by atoms with E-state index in [0.717, 1.165) is 39.4 Å². The summed E-state index contributed by atoms with van der Waals surface area (Å²) in [5.74, 6) is -0.0975. The molecule has 2 amide bonds. The maximum Gasteiger partial charge on any atom is 0.408 e. The number of para-hydroxylation sites is 2. The third-order valence-electron chi connectivity index (χ3n) is 6.59. The Bertz CT molecular complexity index is 1410. The minimum absolute atomic E-state index is 0.0975. The highest BCUT2D eigenvalue weighted by molar-refractivity contribution is 5.90. The fourth-order valence-corrected chi connectivity index (χ4v) is 5.03. The molecule has 7 nitrogen and oxygen atoms in total. The molecule has 0 bridgehead atoms. The van der Waals surface area contributed by atoms with E-state index in [4.69, 9.17) is 4.74 Å². The number of H-pyrrole nitrogens is 1. The molecule has 0 saturated heterocycles. The number of aromatic nitrogens is 2. The molecular weight excluding hydrogens is 440 g/mol. The predicted octanol–water partition coefficient (Wildman–Crippen LogP) is 4.68. The van der Waals surface area contributed by atoms with E-state index in [1.165, 1.54) is 5.69 Å². The molecule has 5 rings (SSSR count). The van der Waals surface area contributed by atoms with Crippen LogP contribution in [0.15, 0.2) is 54.7 Å². The van der Waals surface area contributed by atoms with Crippen LogP contribution in [0.2, 0.25) is 0 Å². The van der Waals surface area contributed by atoms with Gasteiger partial charge < -0.3 is 24.5 Å². The normalized spacial score (nSPS) is 14.7. The minimum atomic E-state index is -0.734. The zero-order valence-corrected chi connectivity index (χ0v) is 20.7. The Morgan fingerprint density at radius 1 is 1.09 bits per heavy atom. The molecule has 0 saturated carbocycles. The Hall–Kier alpha value is -3.74. The monoisotopic (exact) mass is 472 g/mol. The number of benzene rings is 2. The molecule has 2 aromatic heterocycles. The first-order valence-corrected chi connectivity index (χ1v) is 12.1. The molecule has 1 aliphatic heterocycles. The average molecular weight is 473 g/mol. The second-order valence-electron chi connectivity index (χ2n) is 10.3. The topological polar surface area (TPSA) is 79.4 Å². The molecule has 182 valence electrons. The molecule has 1 aliphatic rings. The van der Waals surface area contributed by atoms with Gasteiger partial charge in [-0.25, -0.2) is 4.79 Å². The number of alkyl carbamates (subject to hydrolysis) is 1. The summed E-state index contributed by atoms with van der Waals surface area (Å²) in [6.07, 6.45) is 2.59. The zero-order valence-electron chi connectivity index (χ0n) is 20.7. The first-order valence-electron chi connectivity index (χ1n) is 12.1. The summed E-state index contributed by atoms with van der Waals surface area (Å²) in [6.45, 7) is 6.56. The van der Waals surface area contributed by atoms with Gasteiger partial charge >= 0.3 is 6.09 Å². The van der Waals surface area contributed by atoms with E-state index < -0.39 is 17.7 Å². The maximum atomic E-state index is 13.9. The third-order valence-corrected chi connectivity index (χ3v) is 6.59. The van der Waals surface area contributed by atoms with Crippen molar-refractivity contribution in [3.8, 4) is 0 Å². The lowest BCUT2D eigenvalue weighted by Gasteiger charge is -2.31. The Balaban J connectivity index is 1.44. The number of carbonyl (C=O) groups excluding carboxylic acids is 2. The van der Waals surface area contributed by atoms with E-state index >= 15 is 0 Å². The molecule has 0 fully saturated rings. The number of rotatable bonds is 4. The van der Waals surface area contributed by atoms with Crippen LogP contribution >= 0.6 is 0 Å². The lowest BCUT2D eigenvalue weighted by Crippen LogP contribution is -2.51. The Morgan fingerprint density at radius 2 is 1.80 bits per heavy atom. The molecule has 0 spiro atoms. The highest BCUT2D eigenvalue weighted by atomic mass is 16.6. The third kappa shape index (κ3) is 4.63. The first-order chi connectivity index (χ1) is 16.7. The van der Waals surface area contributed by atoms with Crippen LogP contribution in [-0.2, 0) is 36.0 Å². The summed E-state index contributed by atoms with van der Waals surface area (Å²) in [7, 11) is 1.99. The number of amides is 2. The molecule has 0 radical (unpaired) electrons. The number of hydrogen-bond acceptors (Lipinski definition) is 3. The van der Waals surface area contributed by atoms with Gasteiger partial charge in [0.25, 0.3) is 0 Å². The van der Waals surface area contributed by atoms with Gasteiger partial charge in [0.15, 0.2) is 0 Å². The van der Waals surface area contributed by atoms with Gasteiger partial charge in [0, 0.05) is 72.2 Å². The number of aromatic amines is 1. The molecule has 0 aliphatic carbocycles. The van der Waals surface area contributed by atoms with Crippen molar-refractivity contribution in [2.24, 2.45) is 7.05 Å². The first kappa shape index (κ1) is 23.0. The zero-order chi connectivity index (χ0) is 24.7. The molecule has 7 heteroatoms. The van der Waals surface area contributed by atoms with Crippen molar-refractivity contribution in [1.29, 1.82) is 0 Å². The molecule has 2 aromatic carbocycles. The van der Waals surface area contributed by atoms with Gasteiger partial charge in [-0.15, -0.1) is 0 Å². The summed E-state index contributed by atoms with van der Waals surface area (Å²) in [5, 5.41) is 5.10. The average Bonchev–Trinajstić information content (AvgIpc) is 3.34. The van der Waals surface area contributed by atoms with Gasteiger partial charge in [0.05, 0.1) is 0 Å². The Kier molecular flexibility index (Phi) is 5.79. The smallest absolute Gasteiger partial charge is 0.408 e. The standard InChI is InChI=1S/C28H32N4O3/c1-28(2,3)35-27(34)30-24(15-18-16-31(4)25-12-8-6-9-19(18)25)26(33)32-14-13-23-21(17-32)20-10-5-7-11-22(20)29-23/h5-12,16,24,29H,13-15,17H2,1-4H3,(H,30,34)/t24-/m0/s1. The second-order valence-corrected chi connectivity index (χ2v) is 10.3. The van der Waals surface area contributed by atoms with E-state index in [1.54, 1.807) is 0 Å². The van der Waals surface area contributed by atoms with Crippen molar-refractivity contribution in [2.45, 2.75) is 51.8 Å². The Labute approximate surface area is 205 Å². The van der Waals surface area contributed by atoms with Crippen LogP contribution in [0, 0.1) is 0 Å². The van der Waals surface area contributed by atoms with E-state index in [2.05, 4.69) is 39.1 Å². The molecule has 3 heterocycles. The molecule has 0 unspecified atom stereocenters. The van der Waals surface area contributed by atoms with Gasteiger partial charge in [0.1, 0.15) is 11.6 Å². The van der Waals surface area contributed by atoms with Crippen LogP contribution in [-0.4, -0.2) is 44.6 Å². The van der Waals surface area contributed by atoms with E-state index in [0.29, 0.717) is 19.5 Å². The van der Waals surface area contributed by atoms with Gasteiger partial charge in [-0.1, -0.05) is 36.4 Å². The van der Waals surface area contributed by atoms with Gasteiger partial charge in [-0.3, -0.25) is 4.79 Å².